The second kappa shape index (κ2) is 8.35. The smallest absolute Gasteiger partial charge is 0.326 e. The summed E-state index contributed by atoms with van der Waals surface area (Å²) >= 11 is 0. The van der Waals surface area contributed by atoms with Gasteiger partial charge in [-0.2, -0.15) is 0 Å². The fourth-order valence-corrected chi connectivity index (χ4v) is 1.84. The molecule has 0 saturated heterocycles. The van der Waals surface area contributed by atoms with E-state index in [4.69, 9.17) is 5.11 Å². The normalized spacial score (nSPS) is 12.3. The second-order valence-electron chi connectivity index (χ2n) is 4.04. The van der Waals surface area contributed by atoms with E-state index in [0.29, 0.717) is 0 Å². The Kier molecular flexibility index (Phi) is 7.59. The summed E-state index contributed by atoms with van der Waals surface area (Å²) in [6, 6.07) is -2.11. The number of carboxylic acid groups (broad SMARTS) is 1. The van der Waals surface area contributed by atoms with Gasteiger partial charge in [0.15, 0.2) is 0 Å². The van der Waals surface area contributed by atoms with Gasteiger partial charge in [0.05, 0.1) is 19.3 Å². The number of hydrogen-bond acceptors (Lipinski definition) is 6. The molecule has 0 aromatic heterocycles. The van der Waals surface area contributed by atoms with Crippen molar-refractivity contribution in [2.75, 3.05) is 25.7 Å². The zero-order chi connectivity index (χ0) is 15.8. The summed E-state index contributed by atoms with van der Waals surface area (Å²) in [5, 5.41) is 13.2. The van der Waals surface area contributed by atoms with Gasteiger partial charge in [0.2, 0.25) is 0 Å². The van der Waals surface area contributed by atoms with Crippen LogP contribution in [0.5, 0.6) is 0 Å². The van der Waals surface area contributed by atoms with Crippen molar-refractivity contribution in [3.63, 3.8) is 0 Å². The Balaban J connectivity index is 4.21. The molecule has 0 bridgehead atoms. The highest BCUT2D eigenvalue weighted by Crippen LogP contribution is 1.97. The van der Waals surface area contributed by atoms with Crippen LogP contribution < -0.4 is 10.6 Å². The number of sulfone groups is 1. The van der Waals surface area contributed by atoms with E-state index in [2.05, 4.69) is 15.4 Å². The van der Waals surface area contributed by atoms with E-state index in [0.717, 1.165) is 6.26 Å². The number of hydrogen-bond donors (Lipinski definition) is 3. The first-order valence-corrected chi connectivity index (χ1v) is 7.73. The molecule has 0 spiro atoms. The van der Waals surface area contributed by atoms with Gasteiger partial charge in [0.1, 0.15) is 15.9 Å². The first-order chi connectivity index (χ1) is 9.15. The Morgan fingerprint density at radius 3 is 2.35 bits per heavy atom. The average Bonchev–Trinajstić information content (AvgIpc) is 2.32. The molecule has 0 radical (unpaired) electrons. The summed E-state index contributed by atoms with van der Waals surface area (Å²) in [6.45, 7) is -0.0169. The minimum absolute atomic E-state index is 0.0169. The molecular formula is C10H18N2O7S. The molecule has 9 nitrogen and oxygen atoms in total. The van der Waals surface area contributed by atoms with Gasteiger partial charge in [0.25, 0.3) is 0 Å². The molecule has 1 unspecified atom stereocenters. The van der Waals surface area contributed by atoms with Crippen LogP contribution in [0.15, 0.2) is 0 Å². The van der Waals surface area contributed by atoms with Crippen LogP contribution in [0.1, 0.15) is 12.8 Å². The molecule has 0 aliphatic heterocycles. The molecule has 116 valence electrons. The molecule has 1 atom stereocenters. The number of carbonyl (C=O) groups excluding carboxylic acids is 2. The summed E-state index contributed by atoms with van der Waals surface area (Å²) in [4.78, 5) is 33.0. The van der Waals surface area contributed by atoms with Crippen LogP contribution in [0.3, 0.4) is 0 Å². The molecule has 0 aromatic rings. The van der Waals surface area contributed by atoms with Crippen molar-refractivity contribution in [1.29, 1.82) is 0 Å². The lowest BCUT2D eigenvalue weighted by Gasteiger charge is -2.14. The number of carbonyl (C=O) groups is 3. The summed E-state index contributed by atoms with van der Waals surface area (Å²) < 4.78 is 26.3. The van der Waals surface area contributed by atoms with Crippen LogP contribution >= 0.6 is 0 Å². The van der Waals surface area contributed by atoms with Gasteiger partial charge < -0.3 is 20.5 Å². The van der Waals surface area contributed by atoms with E-state index < -0.39 is 33.8 Å². The number of methoxy groups -OCH3 is 1. The monoisotopic (exact) mass is 310 g/mol. The fourth-order valence-electron chi connectivity index (χ4n) is 1.18. The molecular weight excluding hydrogens is 292 g/mol. The lowest BCUT2D eigenvalue weighted by Crippen LogP contribution is -2.47. The lowest BCUT2D eigenvalue weighted by atomic mass is 10.2. The van der Waals surface area contributed by atoms with E-state index in [1.54, 1.807) is 0 Å². The van der Waals surface area contributed by atoms with Crippen LogP contribution in [-0.2, 0) is 24.2 Å². The lowest BCUT2D eigenvalue weighted by molar-refractivity contribution is -0.141. The van der Waals surface area contributed by atoms with E-state index >= 15 is 0 Å². The number of aliphatic carboxylic acids is 1. The maximum atomic E-state index is 11.4. The molecule has 2 amide bonds. The number of carboxylic acids is 1. The SMILES string of the molecule is COC(=O)CCNC(=O)NC(CCS(C)(=O)=O)C(=O)O. The Labute approximate surface area is 116 Å². The van der Waals surface area contributed by atoms with Crippen molar-refractivity contribution in [3.8, 4) is 0 Å². The molecule has 0 heterocycles. The molecule has 0 aliphatic carbocycles. The summed E-state index contributed by atoms with van der Waals surface area (Å²) in [7, 11) is -2.11. The molecule has 0 aliphatic rings. The molecule has 20 heavy (non-hydrogen) atoms. The zero-order valence-electron chi connectivity index (χ0n) is 11.2. The standard InChI is InChI=1S/C10H18N2O7S/c1-19-8(13)3-5-11-10(16)12-7(9(14)15)4-6-20(2,17)18/h7H,3-6H2,1-2H3,(H,14,15)(H2,11,12,16). The Morgan fingerprint density at radius 1 is 1.30 bits per heavy atom. The van der Waals surface area contributed by atoms with E-state index in [1.165, 1.54) is 7.11 Å². The molecule has 0 rings (SSSR count). The van der Waals surface area contributed by atoms with E-state index in [-0.39, 0.29) is 25.1 Å². The van der Waals surface area contributed by atoms with Gasteiger partial charge in [-0.1, -0.05) is 0 Å². The van der Waals surface area contributed by atoms with Crippen molar-refractivity contribution in [2.45, 2.75) is 18.9 Å². The summed E-state index contributed by atoms with van der Waals surface area (Å²) in [5.74, 6) is -2.21. The van der Waals surface area contributed by atoms with Gasteiger partial charge in [-0.05, 0) is 6.42 Å². The summed E-state index contributed by atoms with van der Waals surface area (Å²) in [6.07, 6.45) is 0.686. The summed E-state index contributed by atoms with van der Waals surface area (Å²) in [5.41, 5.74) is 0. The first kappa shape index (κ1) is 18.2. The molecule has 0 saturated carbocycles. The molecule has 10 heteroatoms. The fraction of sp³-hybridized carbons (Fsp3) is 0.700. The molecule has 3 N–H and O–H groups in total. The maximum absolute atomic E-state index is 11.4. The van der Waals surface area contributed by atoms with Gasteiger partial charge >= 0.3 is 18.0 Å². The number of nitrogens with one attached hydrogen (secondary N) is 2. The van der Waals surface area contributed by atoms with Crippen LogP contribution in [0.2, 0.25) is 0 Å². The number of ether oxygens (including phenoxy) is 1. The minimum Gasteiger partial charge on any atom is -0.480 e. The largest absolute Gasteiger partial charge is 0.480 e. The van der Waals surface area contributed by atoms with Crippen LogP contribution in [0, 0.1) is 0 Å². The topological polar surface area (TPSA) is 139 Å². The molecule has 0 fully saturated rings. The van der Waals surface area contributed by atoms with Crippen LogP contribution in [-0.4, -0.2) is 63.2 Å². The maximum Gasteiger partial charge on any atom is 0.326 e. The predicted octanol–water partition coefficient (Wildman–Crippen LogP) is -1.26. The van der Waals surface area contributed by atoms with Gasteiger partial charge in [-0.25, -0.2) is 18.0 Å². The van der Waals surface area contributed by atoms with Gasteiger partial charge in [0, 0.05) is 12.8 Å². The van der Waals surface area contributed by atoms with Crippen LogP contribution in [0.25, 0.3) is 0 Å². The predicted molar refractivity (Wildman–Crippen MR) is 68.9 cm³/mol. The Bertz CT molecular complexity index is 460. The Hall–Kier alpha value is -1.84. The number of rotatable bonds is 8. The highest BCUT2D eigenvalue weighted by atomic mass is 32.2. The zero-order valence-corrected chi connectivity index (χ0v) is 12.0. The minimum atomic E-state index is -3.32. The number of esters is 1. The number of amides is 2. The Morgan fingerprint density at radius 2 is 1.90 bits per heavy atom. The van der Waals surface area contributed by atoms with Gasteiger partial charge in [-0.3, -0.25) is 4.79 Å². The van der Waals surface area contributed by atoms with E-state index in [1.807, 2.05) is 0 Å². The first-order valence-electron chi connectivity index (χ1n) is 5.67. The van der Waals surface area contributed by atoms with Crippen LogP contribution in [0.4, 0.5) is 4.79 Å². The highest BCUT2D eigenvalue weighted by Gasteiger charge is 2.21. The van der Waals surface area contributed by atoms with Gasteiger partial charge in [-0.15, -0.1) is 0 Å². The van der Waals surface area contributed by atoms with Crippen molar-refractivity contribution in [1.82, 2.24) is 10.6 Å². The van der Waals surface area contributed by atoms with Crippen molar-refractivity contribution in [2.24, 2.45) is 0 Å². The van der Waals surface area contributed by atoms with Crippen molar-refractivity contribution >= 4 is 27.8 Å². The average molecular weight is 310 g/mol. The third-order valence-corrected chi connectivity index (χ3v) is 3.20. The third kappa shape index (κ3) is 9.14. The second-order valence-corrected chi connectivity index (χ2v) is 6.30. The van der Waals surface area contributed by atoms with Crippen molar-refractivity contribution < 1.29 is 32.6 Å². The van der Waals surface area contributed by atoms with E-state index in [9.17, 15) is 22.8 Å². The third-order valence-electron chi connectivity index (χ3n) is 2.22. The van der Waals surface area contributed by atoms with Crippen molar-refractivity contribution in [3.05, 3.63) is 0 Å². The quantitative estimate of drug-likeness (QED) is 0.475. The molecule has 0 aromatic carbocycles. The highest BCUT2D eigenvalue weighted by molar-refractivity contribution is 7.90. The number of urea groups is 1.